The molecule has 0 unspecified atom stereocenters. The first-order valence-corrected chi connectivity index (χ1v) is 5.38. The lowest BCUT2D eigenvalue weighted by Crippen LogP contribution is -2.00. The van der Waals surface area contributed by atoms with E-state index in [1.54, 1.807) is 24.5 Å². The summed E-state index contributed by atoms with van der Waals surface area (Å²) in [5, 5.41) is 0. The Kier molecular flexibility index (Phi) is 3.46. The van der Waals surface area contributed by atoms with Crippen molar-refractivity contribution in [3.05, 3.63) is 52.8 Å². The molecule has 0 amide bonds. The first-order chi connectivity index (χ1) is 7.74. The van der Waals surface area contributed by atoms with E-state index in [-0.39, 0.29) is 12.4 Å². The van der Waals surface area contributed by atoms with Crippen molar-refractivity contribution in [2.45, 2.75) is 6.61 Å². The van der Waals surface area contributed by atoms with Crippen LogP contribution >= 0.6 is 15.9 Å². The summed E-state index contributed by atoms with van der Waals surface area (Å²) < 4.78 is 19.0. The molecule has 0 aliphatic carbocycles. The van der Waals surface area contributed by atoms with Gasteiger partial charge >= 0.3 is 0 Å². The van der Waals surface area contributed by atoms with Gasteiger partial charge in [0.2, 0.25) is 0 Å². The SMILES string of the molecule is Fc1cccc(OCc2ncc(Br)cn2)c1. The summed E-state index contributed by atoms with van der Waals surface area (Å²) in [5.74, 6) is 0.688. The molecular formula is C11H8BrFN2O. The van der Waals surface area contributed by atoms with Crippen LogP contribution in [0.4, 0.5) is 4.39 Å². The number of aromatic nitrogens is 2. The Hall–Kier alpha value is -1.49. The minimum absolute atomic E-state index is 0.219. The predicted octanol–water partition coefficient (Wildman–Crippen LogP) is 2.96. The van der Waals surface area contributed by atoms with E-state index in [0.717, 1.165) is 4.47 Å². The summed E-state index contributed by atoms with van der Waals surface area (Å²) in [6.07, 6.45) is 3.27. The lowest BCUT2D eigenvalue weighted by molar-refractivity contribution is 0.294. The fourth-order valence-corrected chi connectivity index (χ4v) is 1.32. The third kappa shape index (κ3) is 3.00. The van der Waals surface area contributed by atoms with Crippen molar-refractivity contribution in [1.29, 1.82) is 0 Å². The number of nitrogens with zero attached hydrogens (tertiary/aromatic N) is 2. The standard InChI is InChI=1S/C11H8BrFN2O/c12-8-5-14-11(15-6-8)7-16-10-3-1-2-9(13)4-10/h1-6H,7H2. The number of benzene rings is 1. The summed E-state index contributed by atoms with van der Waals surface area (Å²) in [6.45, 7) is 0.219. The molecule has 16 heavy (non-hydrogen) atoms. The minimum atomic E-state index is -0.325. The van der Waals surface area contributed by atoms with Crippen molar-refractivity contribution in [2.75, 3.05) is 0 Å². The van der Waals surface area contributed by atoms with Gasteiger partial charge in [-0.1, -0.05) is 6.07 Å². The van der Waals surface area contributed by atoms with E-state index in [1.165, 1.54) is 12.1 Å². The molecule has 0 N–H and O–H groups in total. The highest BCUT2D eigenvalue weighted by atomic mass is 79.9. The van der Waals surface area contributed by atoms with E-state index in [1.807, 2.05) is 0 Å². The van der Waals surface area contributed by atoms with Gasteiger partial charge in [0.25, 0.3) is 0 Å². The molecule has 1 heterocycles. The average molecular weight is 283 g/mol. The van der Waals surface area contributed by atoms with Gasteiger partial charge in [0.1, 0.15) is 18.2 Å². The molecular weight excluding hydrogens is 275 g/mol. The molecule has 0 aliphatic rings. The van der Waals surface area contributed by atoms with Gasteiger partial charge in [0.05, 0.1) is 4.47 Å². The van der Waals surface area contributed by atoms with Crippen molar-refractivity contribution < 1.29 is 9.13 Å². The molecule has 0 aliphatic heterocycles. The molecule has 0 spiro atoms. The van der Waals surface area contributed by atoms with Gasteiger partial charge in [0, 0.05) is 18.5 Å². The van der Waals surface area contributed by atoms with E-state index >= 15 is 0 Å². The molecule has 0 bridgehead atoms. The molecule has 0 saturated heterocycles. The largest absolute Gasteiger partial charge is 0.486 e. The van der Waals surface area contributed by atoms with E-state index < -0.39 is 0 Å². The maximum atomic E-state index is 12.8. The van der Waals surface area contributed by atoms with Crippen molar-refractivity contribution in [3.63, 3.8) is 0 Å². The van der Waals surface area contributed by atoms with Gasteiger partial charge in [-0.25, -0.2) is 14.4 Å². The van der Waals surface area contributed by atoms with Crippen molar-refractivity contribution in [3.8, 4) is 5.75 Å². The smallest absolute Gasteiger partial charge is 0.166 e. The second-order valence-corrected chi connectivity index (χ2v) is 3.98. The molecule has 0 radical (unpaired) electrons. The molecule has 1 aromatic carbocycles. The van der Waals surface area contributed by atoms with Crippen molar-refractivity contribution in [2.24, 2.45) is 0 Å². The van der Waals surface area contributed by atoms with Crippen LogP contribution < -0.4 is 4.74 Å². The molecule has 1 aromatic heterocycles. The van der Waals surface area contributed by atoms with Gasteiger partial charge in [-0.05, 0) is 28.1 Å². The highest BCUT2D eigenvalue weighted by molar-refractivity contribution is 9.10. The Morgan fingerprint density at radius 2 is 2.00 bits per heavy atom. The average Bonchev–Trinajstić information content (AvgIpc) is 2.28. The van der Waals surface area contributed by atoms with Crippen LogP contribution in [-0.2, 0) is 6.61 Å². The monoisotopic (exact) mass is 282 g/mol. The second-order valence-electron chi connectivity index (χ2n) is 3.06. The highest BCUT2D eigenvalue weighted by Gasteiger charge is 1.99. The zero-order valence-electron chi connectivity index (χ0n) is 8.23. The molecule has 0 fully saturated rings. The summed E-state index contributed by atoms with van der Waals surface area (Å²) >= 11 is 3.24. The Balaban J connectivity index is 1.99. The van der Waals surface area contributed by atoms with Crippen LogP contribution in [0.15, 0.2) is 41.1 Å². The van der Waals surface area contributed by atoms with Crippen LogP contribution in [0.25, 0.3) is 0 Å². The Morgan fingerprint density at radius 1 is 1.25 bits per heavy atom. The fourth-order valence-electron chi connectivity index (χ4n) is 1.12. The minimum Gasteiger partial charge on any atom is -0.486 e. The van der Waals surface area contributed by atoms with Crippen LogP contribution in [0, 0.1) is 5.82 Å². The lowest BCUT2D eigenvalue weighted by atomic mass is 10.3. The Bertz CT molecular complexity index is 476. The van der Waals surface area contributed by atoms with Gasteiger partial charge < -0.3 is 4.74 Å². The first-order valence-electron chi connectivity index (χ1n) is 4.59. The summed E-state index contributed by atoms with van der Waals surface area (Å²) in [4.78, 5) is 8.08. The lowest BCUT2D eigenvalue weighted by Gasteiger charge is -2.04. The summed E-state index contributed by atoms with van der Waals surface area (Å²) in [6, 6.07) is 5.96. The van der Waals surface area contributed by atoms with Crippen LogP contribution in [0.1, 0.15) is 5.82 Å². The highest BCUT2D eigenvalue weighted by Crippen LogP contribution is 2.13. The number of hydrogen-bond donors (Lipinski definition) is 0. The normalized spacial score (nSPS) is 10.1. The Morgan fingerprint density at radius 3 is 2.69 bits per heavy atom. The first kappa shape index (κ1) is 11.0. The fraction of sp³-hybridized carbons (Fsp3) is 0.0909. The number of halogens is 2. The third-order valence-electron chi connectivity index (χ3n) is 1.84. The van der Waals surface area contributed by atoms with Gasteiger partial charge in [-0.2, -0.15) is 0 Å². The maximum Gasteiger partial charge on any atom is 0.166 e. The third-order valence-corrected chi connectivity index (χ3v) is 2.25. The molecule has 82 valence electrons. The molecule has 0 atom stereocenters. The number of hydrogen-bond acceptors (Lipinski definition) is 3. The zero-order chi connectivity index (χ0) is 11.4. The van der Waals surface area contributed by atoms with E-state index in [9.17, 15) is 4.39 Å². The second kappa shape index (κ2) is 5.03. The quantitative estimate of drug-likeness (QED) is 0.868. The maximum absolute atomic E-state index is 12.8. The van der Waals surface area contributed by atoms with Crippen LogP contribution in [0.5, 0.6) is 5.75 Å². The molecule has 2 rings (SSSR count). The molecule has 3 nitrogen and oxygen atoms in total. The van der Waals surface area contributed by atoms with Gasteiger partial charge in [-0.3, -0.25) is 0 Å². The van der Waals surface area contributed by atoms with Crippen molar-refractivity contribution >= 4 is 15.9 Å². The summed E-state index contributed by atoms with van der Waals surface area (Å²) in [7, 11) is 0. The van der Waals surface area contributed by atoms with E-state index in [0.29, 0.717) is 11.6 Å². The van der Waals surface area contributed by atoms with Gasteiger partial charge in [0.15, 0.2) is 5.82 Å². The topological polar surface area (TPSA) is 35.0 Å². The zero-order valence-corrected chi connectivity index (χ0v) is 9.82. The number of ether oxygens (including phenoxy) is 1. The number of rotatable bonds is 3. The molecule has 0 saturated carbocycles. The van der Waals surface area contributed by atoms with Crippen LogP contribution in [0.2, 0.25) is 0 Å². The molecule has 5 heteroatoms. The van der Waals surface area contributed by atoms with Crippen LogP contribution in [0.3, 0.4) is 0 Å². The van der Waals surface area contributed by atoms with E-state index in [2.05, 4.69) is 25.9 Å². The van der Waals surface area contributed by atoms with E-state index in [4.69, 9.17) is 4.74 Å². The van der Waals surface area contributed by atoms with Crippen molar-refractivity contribution in [1.82, 2.24) is 9.97 Å². The van der Waals surface area contributed by atoms with Crippen LogP contribution in [-0.4, -0.2) is 9.97 Å². The molecule has 2 aromatic rings. The Labute approximate surface area is 100 Å². The van der Waals surface area contributed by atoms with Gasteiger partial charge in [-0.15, -0.1) is 0 Å². The summed E-state index contributed by atoms with van der Waals surface area (Å²) in [5.41, 5.74) is 0. The predicted molar refractivity (Wildman–Crippen MR) is 60.5 cm³/mol.